The van der Waals surface area contributed by atoms with Crippen LogP contribution in [-0.4, -0.2) is 18.9 Å². The van der Waals surface area contributed by atoms with E-state index in [1.54, 1.807) is 6.07 Å². The zero-order chi connectivity index (χ0) is 13.4. The highest BCUT2D eigenvalue weighted by Gasteiger charge is 2.46. The van der Waals surface area contributed by atoms with Gasteiger partial charge in [-0.25, -0.2) is 0 Å². The molecule has 2 atom stereocenters. The first-order valence-corrected chi connectivity index (χ1v) is 6.86. The van der Waals surface area contributed by atoms with E-state index in [4.69, 9.17) is 4.74 Å². The summed E-state index contributed by atoms with van der Waals surface area (Å²) in [6, 6.07) is 11.4. The number of carbonyl (C=O) groups is 2. The fourth-order valence-corrected chi connectivity index (χ4v) is 3.68. The lowest BCUT2D eigenvalue weighted by atomic mass is 9.88. The molecule has 1 aliphatic rings. The van der Waals surface area contributed by atoms with Crippen LogP contribution in [0.25, 0.3) is 0 Å². The van der Waals surface area contributed by atoms with E-state index in [1.807, 2.05) is 35.7 Å². The first-order chi connectivity index (χ1) is 9.24. The van der Waals surface area contributed by atoms with Crippen LogP contribution in [0.5, 0.6) is 0 Å². The van der Waals surface area contributed by atoms with Crippen LogP contribution >= 0.6 is 11.3 Å². The van der Waals surface area contributed by atoms with Crippen molar-refractivity contribution < 1.29 is 14.3 Å². The van der Waals surface area contributed by atoms with Crippen LogP contribution in [0.3, 0.4) is 0 Å². The summed E-state index contributed by atoms with van der Waals surface area (Å²) in [4.78, 5) is 25.2. The quantitative estimate of drug-likeness (QED) is 0.623. The van der Waals surface area contributed by atoms with Crippen molar-refractivity contribution in [2.75, 3.05) is 7.11 Å². The van der Waals surface area contributed by atoms with E-state index in [9.17, 15) is 9.59 Å². The largest absolute Gasteiger partial charge is 0.468 e. The summed E-state index contributed by atoms with van der Waals surface area (Å²) in [5.41, 5.74) is 1.64. The van der Waals surface area contributed by atoms with Gasteiger partial charge < -0.3 is 4.74 Å². The van der Waals surface area contributed by atoms with Gasteiger partial charge in [-0.15, -0.1) is 11.3 Å². The van der Waals surface area contributed by atoms with Crippen LogP contribution in [0, 0.1) is 5.92 Å². The average molecular weight is 272 g/mol. The third kappa shape index (κ3) is 1.79. The second-order valence-electron chi connectivity index (χ2n) is 4.45. The predicted octanol–water partition coefficient (Wildman–Crippen LogP) is 2.87. The summed E-state index contributed by atoms with van der Waals surface area (Å²) in [6.45, 7) is 0. The molecular weight excluding hydrogens is 260 g/mol. The first kappa shape index (κ1) is 12.1. The molecule has 1 aliphatic carbocycles. The maximum atomic E-state index is 12.3. The molecule has 19 heavy (non-hydrogen) atoms. The molecule has 0 N–H and O–H groups in total. The van der Waals surface area contributed by atoms with Gasteiger partial charge in [0.1, 0.15) is 5.92 Å². The number of hydrogen-bond donors (Lipinski definition) is 0. The van der Waals surface area contributed by atoms with Gasteiger partial charge in [0.25, 0.3) is 0 Å². The van der Waals surface area contributed by atoms with E-state index < -0.39 is 11.9 Å². The van der Waals surface area contributed by atoms with E-state index in [0.29, 0.717) is 5.56 Å². The number of fused-ring (bicyclic) bond motifs is 1. The summed E-state index contributed by atoms with van der Waals surface area (Å²) < 4.78 is 4.80. The molecule has 0 spiro atoms. The Balaban J connectivity index is 2.13. The Hall–Kier alpha value is -1.94. The molecule has 0 fully saturated rings. The Morgan fingerprint density at radius 3 is 2.63 bits per heavy atom. The standard InChI is InChI=1S/C15H12O3S/c1-18-15(17)12-11(9-5-3-2-4-6-9)14-10(13(12)16)7-8-19-14/h2-8,11-12H,1H3/t11-,12-/m1/s1. The van der Waals surface area contributed by atoms with Gasteiger partial charge in [-0.3, -0.25) is 9.59 Å². The Morgan fingerprint density at radius 2 is 1.95 bits per heavy atom. The Bertz CT molecular complexity index is 630. The first-order valence-electron chi connectivity index (χ1n) is 5.98. The highest BCUT2D eigenvalue weighted by molar-refractivity contribution is 7.10. The van der Waals surface area contributed by atoms with Crippen LogP contribution in [-0.2, 0) is 9.53 Å². The van der Waals surface area contributed by atoms with E-state index in [2.05, 4.69) is 0 Å². The summed E-state index contributed by atoms with van der Waals surface area (Å²) in [7, 11) is 1.32. The molecule has 0 radical (unpaired) electrons. The van der Waals surface area contributed by atoms with Crippen molar-refractivity contribution in [1.29, 1.82) is 0 Å². The van der Waals surface area contributed by atoms with Crippen LogP contribution in [0.4, 0.5) is 0 Å². The molecule has 4 heteroatoms. The number of methoxy groups -OCH3 is 1. The lowest BCUT2D eigenvalue weighted by Gasteiger charge is -2.17. The second kappa shape index (κ2) is 4.63. The number of esters is 1. The predicted molar refractivity (Wildman–Crippen MR) is 72.4 cm³/mol. The van der Waals surface area contributed by atoms with Crippen LogP contribution < -0.4 is 0 Å². The zero-order valence-electron chi connectivity index (χ0n) is 10.3. The van der Waals surface area contributed by atoms with Gasteiger partial charge in [0.15, 0.2) is 5.78 Å². The molecular formula is C15H12O3S. The highest BCUT2D eigenvalue weighted by Crippen LogP contribution is 2.45. The number of carbonyl (C=O) groups excluding carboxylic acids is 2. The number of Topliss-reactive ketones (excluding diaryl/α,β-unsaturated/α-hetero) is 1. The minimum atomic E-state index is -0.741. The fraction of sp³-hybridized carbons (Fsp3) is 0.200. The molecule has 0 unspecified atom stereocenters. The number of thiophene rings is 1. The highest BCUT2D eigenvalue weighted by atomic mass is 32.1. The van der Waals surface area contributed by atoms with E-state index in [0.717, 1.165) is 10.4 Å². The van der Waals surface area contributed by atoms with Crippen molar-refractivity contribution in [3.63, 3.8) is 0 Å². The van der Waals surface area contributed by atoms with E-state index in [1.165, 1.54) is 18.4 Å². The molecule has 1 heterocycles. The van der Waals surface area contributed by atoms with Gasteiger partial charge in [0.2, 0.25) is 0 Å². The maximum Gasteiger partial charge on any atom is 0.317 e. The topological polar surface area (TPSA) is 43.4 Å². The monoisotopic (exact) mass is 272 g/mol. The maximum absolute atomic E-state index is 12.3. The minimum Gasteiger partial charge on any atom is -0.468 e. The molecule has 2 aromatic rings. The molecule has 0 aliphatic heterocycles. The molecule has 0 saturated heterocycles. The van der Waals surface area contributed by atoms with Crippen molar-refractivity contribution in [3.05, 3.63) is 57.8 Å². The van der Waals surface area contributed by atoms with Crippen molar-refractivity contribution in [2.24, 2.45) is 5.92 Å². The number of ketones is 1. The van der Waals surface area contributed by atoms with Gasteiger partial charge in [0, 0.05) is 16.4 Å². The zero-order valence-corrected chi connectivity index (χ0v) is 11.1. The Morgan fingerprint density at radius 1 is 1.21 bits per heavy atom. The molecule has 0 saturated carbocycles. The van der Waals surface area contributed by atoms with Gasteiger partial charge in [-0.05, 0) is 17.0 Å². The van der Waals surface area contributed by atoms with Crippen LogP contribution in [0.2, 0.25) is 0 Å². The van der Waals surface area contributed by atoms with Gasteiger partial charge in [-0.1, -0.05) is 30.3 Å². The van der Waals surface area contributed by atoms with Gasteiger partial charge >= 0.3 is 5.97 Å². The summed E-state index contributed by atoms with van der Waals surface area (Å²) in [5, 5.41) is 1.89. The van der Waals surface area contributed by atoms with Gasteiger partial charge in [0.05, 0.1) is 7.11 Å². The Labute approximate surface area is 114 Å². The minimum absolute atomic E-state index is 0.128. The van der Waals surface area contributed by atoms with E-state index >= 15 is 0 Å². The SMILES string of the molecule is COC(=O)[C@H]1C(=O)c2ccsc2[C@@H]1c1ccccc1. The van der Waals surface area contributed by atoms with Crippen molar-refractivity contribution in [3.8, 4) is 0 Å². The normalized spacial score (nSPS) is 21.2. The van der Waals surface area contributed by atoms with Crippen LogP contribution in [0.1, 0.15) is 26.7 Å². The average Bonchev–Trinajstić information content (AvgIpc) is 3.01. The molecule has 1 aromatic carbocycles. The summed E-state index contributed by atoms with van der Waals surface area (Å²) >= 11 is 1.52. The van der Waals surface area contributed by atoms with Gasteiger partial charge in [-0.2, -0.15) is 0 Å². The lowest BCUT2D eigenvalue weighted by molar-refractivity contribution is -0.143. The third-order valence-electron chi connectivity index (χ3n) is 3.47. The smallest absolute Gasteiger partial charge is 0.317 e. The molecule has 1 aromatic heterocycles. The van der Waals surface area contributed by atoms with E-state index in [-0.39, 0.29) is 11.7 Å². The number of ether oxygens (including phenoxy) is 1. The summed E-state index contributed by atoms with van der Waals surface area (Å²) in [5.74, 6) is -1.54. The number of hydrogen-bond acceptors (Lipinski definition) is 4. The lowest BCUT2D eigenvalue weighted by Crippen LogP contribution is -2.26. The van der Waals surface area contributed by atoms with Crippen molar-refractivity contribution in [1.82, 2.24) is 0 Å². The molecule has 3 nitrogen and oxygen atoms in total. The second-order valence-corrected chi connectivity index (χ2v) is 5.40. The van der Waals surface area contributed by atoms with Crippen molar-refractivity contribution >= 4 is 23.1 Å². The molecule has 3 rings (SSSR count). The Kier molecular flexibility index (Phi) is 2.95. The molecule has 0 amide bonds. The summed E-state index contributed by atoms with van der Waals surface area (Å²) in [6.07, 6.45) is 0. The number of benzene rings is 1. The number of rotatable bonds is 2. The van der Waals surface area contributed by atoms with Crippen LogP contribution in [0.15, 0.2) is 41.8 Å². The van der Waals surface area contributed by atoms with Crippen molar-refractivity contribution in [2.45, 2.75) is 5.92 Å². The third-order valence-corrected chi connectivity index (χ3v) is 4.47. The fourth-order valence-electron chi connectivity index (χ4n) is 2.61. The molecule has 96 valence electrons. The molecule has 0 bridgehead atoms.